The van der Waals surface area contributed by atoms with Crippen LogP contribution in [0.5, 0.6) is 17.2 Å². The van der Waals surface area contributed by atoms with Crippen LogP contribution in [0.1, 0.15) is 34.8 Å². The van der Waals surface area contributed by atoms with Crippen LogP contribution in [-0.4, -0.2) is 98.8 Å². The maximum absolute atomic E-state index is 13.6. The number of methoxy groups -OCH3 is 1. The van der Waals surface area contributed by atoms with E-state index in [0.717, 1.165) is 9.80 Å². The van der Waals surface area contributed by atoms with Gasteiger partial charge in [-0.25, -0.2) is 14.4 Å². The fourth-order valence-electron chi connectivity index (χ4n) is 2.97. The minimum atomic E-state index is -0.893. The largest absolute Gasteiger partial charge is 0.497 e. The lowest BCUT2D eigenvalue weighted by molar-refractivity contribution is 0.0513. The predicted octanol–water partition coefficient (Wildman–Crippen LogP) is 2.88. The number of hydrogen-bond acceptors (Lipinski definition) is 8. The molecule has 0 N–H and O–H groups in total. The Labute approximate surface area is 209 Å². The zero-order valence-electron chi connectivity index (χ0n) is 21.8. The van der Waals surface area contributed by atoms with Gasteiger partial charge in [-0.1, -0.05) is 0 Å². The molecule has 0 spiro atoms. The van der Waals surface area contributed by atoms with E-state index in [1.807, 2.05) is 0 Å². The number of nitrogens with zero attached hydrogens (tertiary/aromatic N) is 4. The second-order valence-corrected chi connectivity index (χ2v) is 7.95. The molecule has 196 valence electrons. The molecule has 1 aromatic heterocycles. The average molecular weight is 505 g/mol. The van der Waals surface area contributed by atoms with Gasteiger partial charge < -0.3 is 33.6 Å². The minimum absolute atomic E-state index is 0.00134. The Morgan fingerprint density at radius 3 is 1.72 bits per heavy atom. The van der Waals surface area contributed by atoms with Crippen molar-refractivity contribution in [2.75, 3.05) is 55.5 Å². The fourth-order valence-corrected chi connectivity index (χ4v) is 2.97. The monoisotopic (exact) mass is 504 g/mol. The summed E-state index contributed by atoms with van der Waals surface area (Å²) in [6.45, 7) is 3.66. The van der Waals surface area contributed by atoms with Crippen LogP contribution in [0.25, 0.3) is 5.69 Å². The van der Waals surface area contributed by atoms with Crippen molar-refractivity contribution in [1.82, 2.24) is 19.3 Å². The van der Waals surface area contributed by atoms with E-state index in [0.29, 0.717) is 18.0 Å². The van der Waals surface area contributed by atoms with Gasteiger partial charge in [-0.2, -0.15) is 0 Å². The molecule has 12 heteroatoms. The molecule has 36 heavy (non-hydrogen) atoms. The molecular weight excluding hydrogens is 472 g/mol. The van der Waals surface area contributed by atoms with Gasteiger partial charge in [0.25, 0.3) is 5.91 Å². The van der Waals surface area contributed by atoms with Crippen molar-refractivity contribution < 1.29 is 38.1 Å². The lowest BCUT2D eigenvalue weighted by atomic mass is 10.2. The Bertz CT molecular complexity index is 1120. The number of benzene rings is 1. The minimum Gasteiger partial charge on any atom is -0.497 e. The summed E-state index contributed by atoms with van der Waals surface area (Å²) in [5.74, 6) is -1.78. The van der Waals surface area contributed by atoms with Gasteiger partial charge in [-0.05, 0) is 38.1 Å². The molecule has 0 saturated carbocycles. The first-order chi connectivity index (χ1) is 17.0. The molecule has 0 saturated heterocycles. The Kier molecular flexibility index (Phi) is 9.31. The van der Waals surface area contributed by atoms with Gasteiger partial charge in [-0.15, -0.1) is 0 Å². The summed E-state index contributed by atoms with van der Waals surface area (Å²) < 4.78 is 22.8. The highest BCUT2D eigenvalue weighted by molar-refractivity contribution is 6.04. The van der Waals surface area contributed by atoms with Crippen LogP contribution in [0.3, 0.4) is 0 Å². The van der Waals surface area contributed by atoms with E-state index < -0.39 is 35.6 Å². The number of aromatic nitrogens is 1. The number of rotatable bonds is 8. The number of amides is 3. The normalized spacial score (nSPS) is 10.3. The molecular formula is C24H32N4O8. The van der Waals surface area contributed by atoms with Crippen LogP contribution >= 0.6 is 0 Å². The molecule has 0 unspecified atom stereocenters. The number of ether oxygens (including phenoxy) is 4. The number of carbonyl (C=O) groups excluding carboxylic acids is 4. The van der Waals surface area contributed by atoms with Crippen molar-refractivity contribution in [3.05, 3.63) is 35.7 Å². The quantitative estimate of drug-likeness (QED) is 0.504. The Balaban J connectivity index is 3.05. The molecule has 12 nitrogen and oxygen atoms in total. The molecule has 0 aliphatic rings. The third-order valence-corrected chi connectivity index (χ3v) is 5.02. The van der Waals surface area contributed by atoms with E-state index >= 15 is 0 Å². The van der Waals surface area contributed by atoms with Crippen molar-refractivity contribution in [2.24, 2.45) is 0 Å². The van der Waals surface area contributed by atoms with Crippen LogP contribution < -0.4 is 14.2 Å². The smallest absolute Gasteiger partial charge is 0.414 e. The van der Waals surface area contributed by atoms with E-state index in [1.165, 1.54) is 44.8 Å². The van der Waals surface area contributed by atoms with Gasteiger partial charge in [0.15, 0.2) is 11.4 Å². The number of hydrogen-bond donors (Lipinski definition) is 0. The topological polar surface area (TPSA) is 120 Å². The first-order valence-corrected chi connectivity index (χ1v) is 11.1. The Morgan fingerprint density at radius 2 is 1.31 bits per heavy atom. The second-order valence-electron chi connectivity index (χ2n) is 7.95. The van der Waals surface area contributed by atoms with Crippen LogP contribution in [-0.2, 0) is 4.74 Å². The molecule has 0 fully saturated rings. The van der Waals surface area contributed by atoms with Crippen molar-refractivity contribution in [1.29, 1.82) is 0 Å². The van der Waals surface area contributed by atoms with Crippen LogP contribution in [0.2, 0.25) is 0 Å². The van der Waals surface area contributed by atoms with E-state index in [1.54, 1.807) is 45.2 Å². The maximum Gasteiger partial charge on any atom is 0.414 e. The van der Waals surface area contributed by atoms with Gasteiger partial charge in [0.2, 0.25) is 11.5 Å². The average Bonchev–Trinajstić information content (AvgIpc) is 3.16. The van der Waals surface area contributed by atoms with Crippen molar-refractivity contribution in [2.45, 2.75) is 13.8 Å². The summed E-state index contributed by atoms with van der Waals surface area (Å²) >= 11 is 0. The van der Waals surface area contributed by atoms with Gasteiger partial charge >= 0.3 is 18.2 Å². The fraction of sp³-hybridized carbons (Fsp3) is 0.417. The highest BCUT2D eigenvalue weighted by Crippen LogP contribution is 2.42. The Hall–Kier alpha value is -4.22. The molecule has 1 aromatic carbocycles. The standard InChI is InChI=1S/C24H32N4O8/c1-9-27(7)21(29)17-19(35-23(31)25(3)4)20(36-24(32)26(5)6)18(22(30)34-10-2)28(17)15-11-13-16(33-8)14-12-15/h11-14H,9-10H2,1-8H3. The molecule has 0 aliphatic heterocycles. The lowest BCUT2D eigenvalue weighted by Gasteiger charge is -2.19. The summed E-state index contributed by atoms with van der Waals surface area (Å²) in [5.41, 5.74) is -0.169. The first-order valence-electron chi connectivity index (χ1n) is 11.1. The van der Waals surface area contributed by atoms with Gasteiger partial charge in [0, 0.05) is 47.5 Å². The molecule has 0 aliphatic carbocycles. The highest BCUT2D eigenvalue weighted by Gasteiger charge is 2.38. The van der Waals surface area contributed by atoms with Gasteiger partial charge in [-0.3, -0.25) is 9.36 Å². The summed E-state index contributed by atoms with van der Waals surface area (Å²) in [6.07, 6.45) is -1.72. The van der Waals surface area contributed by atoms with Crippen LogP contribution in [0.4, 0.5) is 9.59 Å². The molecule has 0 atom stereocenters. The van der Waals surface area contributed by atoms with Gasteiger partial charge in [0.05, 0.1) is 13.7 Å². The van der Waals surface area contributed by atoms with Crippen LogP contribution in [0, 0.1) is 0 Å². The van der Waals surface area contributed by atoms with E-state index in [4.69, 9.17) is 18.9 Å². The second kappa shape index (κ2) is 12.0. The lowest BCUT2D eigenvalue weighted by Crippen LogP contribution is -2.31. The highest BCUT2D eigenvalue weighted by atomic mass is 16.6. The number of carbonyl (C=O) groups is 4. The zero-order chi connectivity index (χ0) is 27.2. The molecule has 1 heterocycles. The van der Waals surface area contributed by atoms with Gasteiger partial charge in [0.1, 0.15) is 5.75 Å². The van der Waals surface area contributed by atoms with Crippen molar-refractivity contribution in [3.63, 3.8) is 0 Å². The summed E-state index contributed by atoms with van der Waals surface area (Å²) in [4.78, 5) is 55.7. The van der Waals surface area contributed by atoms with Crippen LogP contribution in [0.15, 0.2) is 24.3 Å². The first kappa shape index (κ1) is 28.0. The molecule has 0 bridgehead atoms. The summed E-state index contributed by atoms with van der Waals surface area (Å²) in [5, 5.41) is 0. The SMILES string of the molecule is CCOC(=O)c1c(OC(=O)N(C)C)c(OC(=O)N(C)C)c(C(=O)N(C)CC)n1-c1ccc(OC)cc1. The number of esters is 1. The molecule has 0 radical (unpaired) electrons. The Morgan fingerprint density at radius 1 is 0.806 bits per heavy atom. The molecule has 2 rings (SSSR count). The summed E-state index contributed by atoms with van der Waals surface area (Å²) in [7, 11) is 8.81. The van der Waals surface area contributed by atoms with E-state index in [9.17, 15) is 19.2 Å². The van der Waals surface area contributed by atoms with E-state index in [2.05, 4.69) is 0 Å². The van der Waals surface area contributed by atoms with Crippen molar-refractivity contribution in [3.8, 4) is 22.9 Å². The molecule has 2 aromatic rings. The third-order valence-electron chi connectivity index (χ3n) is 5.02. The third kappa shape index (κ3) is 5.88. The van der Waals surface area contributed by atoms with Crippen molar-refractivity contribution >= 4 is 24.1 Å². The predicted molar refractivity (Wildman–Crippen MR) is 130 cm³/mol. The van der Waals surface area contributed by atoms with E-state index in [-0.39, 0.29) is 18.0 Å². The maximum atomic E-state index is 13.6. The summed E-state index contributed by atoms with van der Waals surface area (Å²) in [6, 6.07) is 6.44. The zero-order valence-corrected chi connectivity index (χ0v) is 21.8. The molecule has 3 amide bonds.